The molecule has 0 radical (unpaired) electrons. The molecule has 0 aromatic heterocycles. The molecule has 2 amide bonds. The normalized spacial score (nSPS) is 11.6. The Morgan fingerprint density at radius 2 is 1.69 bits per heavy atom. The molecule has 3 rings (SSSR count). The summed E-state index contributed by atoms with van der Waals surface area (Å²) in [6, 6.07) is 22.9. The molecular formula is C29H32ClFN2O2S. The number of rotatable bonds is 13. The maximum Gasteiger partial charge on any atom is 0.243 e. The van der Waals surface area contributed by atoms with E-state index in [-0.39, 0.29) is 30.6 Å². The zero-order valence-corrected chi connectivity index (χ0v) is 22.0. The van der Waals surface area contributed by atoms with E-state index in [2.05, 4.69) is 5.32 Å². The van der Waals surface area contributed by atoms with Crippen molar-refractivity contribution in [3.8, 4) is 0 Å². The maximum atomic E-state index is 14.6. The summed E-state index contributed by atoms with van der Waals surface area (Å²) in [5, 5.41) is 3.62. The number of benzene rings is 3. The SMILES string of the molecule is CCCNC(=O)[C@@H](Cc1ccccc1)N(Cc1ccccc1F)C(=O)CCCSc1ccc(Cl)cc1. The molecule has 190 valence electrons. The second-order valence-electron chi connectivity index (χ2n) is 8.52. The standard InChI is InChI=1S/C29H32ClFN2O2S/c1-2-18-32-29(35)27(20-22-9-4-3-5-10-22)33(21-23-11-6-7-12-26(23)31)28(34)13-8-19-36-25-16-14-24(30)15-17-25/h3-7,9-12,14-17,27H,2,8,13,18-21H2,1H3,(H,32,35)/t27-/m1/s1. The van der Waals surface area contributed by atoms with Crippen molar-refractivity contribution >= 4 is 35.2 Å². The number of hydrogen-bond donors (Lipinski definition) is 1. The molecule has 1 N–H and O–H groups in total. The van der Waals surface area contributed by atoms with Crippen LogP contribution < -0.4 is 5.32 Å². The van der Waals surface area contributed by atoms with Crippen molar-refractivity contribution < 1.29 is 14.0 Å². The summed E-state index contributed by atoms with van der Waals surface area (Å²) in [5.41, 5.74) is 1.33. The van der Waals surface area contributed by atoms with Gasteiger partial charge in [0.05, 0.1) is 0 Å². The summed E-state index contributed by atoms with van der Waals surface area (Å²) in [4.78, 5) is 29.4. The van der Waals surface area contributed by atoms with Crippen LogP contribution in [-0.4, -0.2) is 35.1 Å². The van der Waals surface area contributed by atoms with E-state index in [9.17, 15) is 14.0 Å². The summed E-state index contributed by atoms with van der Waals surface area (Å²) in [7, 11) is 0. The number of amides is 2. The van der Waals surface area contributed by atoms with Crippen LogP contribution in [0.15, 0.2) is 83.8 Å². The molecule has 0 unspecified atom stereocenters. The zero-order valence-electron chi connectivity index (χ0n) is 20.5. The van der Waals surface area contributed by atoms with Crippen LogP contribution in [0.2, 0.25) is 5.02 Å². The lowest BCUT2D eigenvalue weighted by atomic mass is 10.0. The Morgan fingerprint density at radius 1 is 1.00 bits per heavy atom. The molecule has 7 heteroatoms. The topological polar surface area (TPSA) is 49.4 Å². The molecule has 0 aliphatic rings. The Balaban J connectivity index is 1.78. The number of nitrogens with one attached hydrogen (secondary N) is 1. The number of carbonyl (C=O) groups is 2. The highest BCUT2D eigenvalue weighted by Crippen LogP contribution is 2.23. The molecule has 0 saturated carbocycles. The maximum absolute atomic E-state index is 14.6. The first-order valence-corrected chi connectivity index (χ1v) is 13.6. The first-order valence-electron chi connectivity index (χ1n) is 12.2. The van der Waals surface area contributed by atoms with Crippen LogP contribution in [0.25, 0.3) is 0 Å². The number of thioether (sulfide) groups is 1. The predicted octanol–water partition coefficient (Wildman–Crippen LogP) is 6.52. The minimum Gasteiger partial charge on any atom is -0.354 e. The van der Waals surface area contributed by atoms with Gasteiger partial charge in [-0.2, -0.15) is 0 Å². The average molecular weight is 527 g/mol. The van der Waals surface area contributed by atoms with Crippen LogP contribution in [0.3, 0.4) is 0 Å². The average Bonchev–Trinajstić information content (AvgIpc) is 2.89. The fourth-order valence-electron chi connectivity index (χ4n) is 3.82. The van der Waals surface area contributed by atoms with Gasteiger partial charge in [0.15, 0.2) is 0 Å². The van der Waals surface area contributed by atoms with E-state index in [1.165, 1.54) is 6.07 Å². The predicted molar refractivity (Wildman–Crippen MR) is 146 cm³/mol. The van der Waals surface area contributed by atoms with Gasteiger partial charge in [0.2, 0.25) is 11.8 Å². The second-order valence-corrected chi connectivity index (χ2v) is 10.1. The number of nitrogens with zero attached hydrogens (tertiary/aromatic N) is 1. The third kappa shape index (κ3) is 8.68. The first kappa shape index (κ1) is 27.8. The molecule has 0 aliphatic carbocycles. The monoisotopic (exact) mass is 526 g/mol. The highest BCUT2D eigenvalue weighted by molar-refractivity contribution is 7.99. The Hall–Kier alpha value is -2.83. The highest BCUT2D eigenvalue weighted by Gasteiger charge is 2.30. The van der Waals surface area contributed by atoms with E-state index in [0.717, 1.165) is 22.6 Å². The van der Waals surface area contributed by atoms with Crippen molar-refractivity contribution in [3.63, 3.8) is 0 Å². The molecule has 3 aromatic rings. The van der Waals surface area contributed by atoms with E-state index in [4.69, 9.17) is 11.6 Å². The first-order chi connectivity index (χ1) is 17.5. The van der Waals surface area contributed by atoms with Crippen LogP contribution in [0, 0.1) is 5.82 Å². The minimum absolute atomic E-state index is 0.0346. The molecule has 36 heavy (non-hydrogen) atoms. The van der Waals surface area contributed by atoms with Crippen LogP contribution in [0.1, 0.15) is 37.3 Å². The van der Waals surface area contributed by atoms with Gasteiger partial charge in [-0.05, 0) is 54.5 Å². The van der Waals surface area contributed by atoms with E-state index < -0.39 is 6.04 Å². The van der Waals surface area contributed by atoms with Gasteiger partial charge in [-0.1, -0.05) is 67.1 Å². The van der Waals surface area contributed by atoms with Crippen molar-refractivity contribution in [2.45, 2.75) is 50.1 Å². The van der Waals surface area contributed by atoms with E-state index in [1.54, 1.807) is 34.9 Å². The molecular weight excluding hydrogens is 495 g/mol. The number of hydrogen-bond acceptors (Lipinski definition) is 3. The third-order valence-electron chi connectivity index (χ3n) is 5.74. The van der Waals surface area contributed by atoms with Gasteiger partial charge in [-0.15, -0.1) is 11.8 Å². The number of carbonyl (C=O) groups excluding carboxylic acids is 2. The van der Waals surface area contributed by atoms with Gasteiger partial charge in [0.1, 0.15) is 11.9 Å². The lowest BCUT2D eigenvalue weighted by Crippen LogP contribution is -2.50. The van der Waals surface area contributed by atoms with Gasteiger partial charge >= 0.3 is 0 Å². The Morgan fingerprint density at radius 3 is 2.39 bits per heavy atom. The summed E-state index contributed by atoms with van der Waals surface area (Å²) >= 11 is 7.60. The summed E-state index contributed by atoms with van der Waals surface area (Å²) < 4.78 is 14.6. The highest BCUT2D eigenvalue weighted by atomic mass is 35.5. The quantitative estimate of drug-likeness (QED) is 0.204. The van der Waals surface area contributed by atoms with Crippen LogP contribution in [0.4, 0.5) is 4.39 Å². The van der Waals surface area contributed by atoms with Crippen LogP contribution in [0.5, 0.6) is 0 Å². The van der Waals surface area contributed by atoms with E-state index in [1.807, 2.05) is 61.5 Å². The molecule has 0 fully saturated rings. The fourth-order valence-corrected chi connectivity index (χ4v) is 4.80. The van der Waals surface area contributed by atoms with Gasteiger partial charge in [0, 0.05) is 41.4 Å². The Labute approximate surface area is 222 Å². The van der Waals surface area contributed by atoms with Gasteiger partial charge < -0.3 is 10.2 Å². The van der Waals surface area contributed by atoms with Crippen molar-refractivity contribution in [2.24, 2.45) is 0 Å². The third-order valence-corrected chi connectivity index (χ3v) is 7.09. The lowest BCUT2D eigenvalue weighted by molar-refractivity contribution is -0.141. The molecule has 0 aliphatic heterocycles. The van der Waals surface area contributed by atoms with Crippen LogP contribution in [-0.2, 0) is 22.6 Å². The van der Waals surface area contributed by atoms with Gasteiger partial charge in [-0.3, -0.25) is 9.59 Å². The van der Waals surface area contributed by atoms with E-state index in [0.29, 0.717) is 30.0 Å². The molecule has 0 saturated heterocycles. The van der Waals surface area contributed by atoms with Crippen molar-refractivity contribution in [1.82, 2.24) is 10.2 Å². The minimum atomic E-state index is -0.741. The molecule has 4 nitrogen and oxygen atoms in total. The zero-order chi connectivity index (χ0) is 25.8. The van der Waals surface area contributed by atoms with Crippen LogP contribution >= 0.6 is 23.4 Å². The molecule has 0 bridgehead atoms. The Kier molecular flexibility index (Phi) is 11.3. The Bertz CT molecular complexity index is 1110. The van der Waals surface area contributed by atoms with Crippen molar-refractivity contribution in [3.05, 3.63) is 101 Å². The fraction of sp³-hybridized carbons (Fsp3) is 0.310. The summed E-state index contributed by atoms with van der Waals surface area (Å²) in [6.07, 6.45) is 2.04. The smallest absolute Gasteiger partial charge is 0.243 e. The second kappa shape index (κ2) is 14.7. The summed E-state index contributed by atoms with van der Waals surface area (Å²) in [6.45, 7) is 2.53. The molecule has 0 spiro atoms. The number of halogens is 2. The van der Waals surface area contributed by atoms with Crippen molar-refractivity contribution in [1.29, 1.82) is 0 Å². The van der Waals surface area contributed by atoms with Crippen molar-refractivity contribution in [2.75, 3.05) is 12.3 Å². The summed E-state index contributed by atoms with van der Waals surface area (Å²) in [5.74, 6) is -0.0313. The van der Waals surface area contributed by atoms with E-state index >= 15 is 0 Å². The molecule has 0 heterocycles. The van der Waals surface area contributed by atoms with Gasteiger partial charge in [-0.25, -0.2) is 4.39 Å². The van der Waals surface area contributed by atoms with Gasteiger partial charge in [0.25, 0.3) is 0 Å². The largest absolute Gasteiger partial charge is 0.354 e. The molecule has 3 aromatic carbocycles. The lowest BCUT2D eigenvalue weighted by Gasteiger charge is -2.31. The molecule has 1 atom stereocenters.